The molecule has 1 aliphatic heterocycles. The fraction of sp³-hybridized carbons (Fsp3) is 0.538. The number of benzene rings is 1. The van der Waals surface area contributed by atoms with Crippen LogP contribution >= 0.6 is 0 Å². The molecule has 1 N–H and O–H groups in total. The van der Waals surface area contributed by atoms with E-state index in [1.807, 2.05) is 0 Å². The molecular formula is C13H17F2N. The molecule has 0 aliphatic carbocycles. The van der Waals surface area contributed by atoms with Gasteiger partial charge in [0.1, 0.15) is 12.0 Å². The van der Waals surface area contributed by atoms with Crippen LogP contribution in [0.15, 0.2) is 24.3 Å². The van der Waals surface area contributed by atoms with Crippen LogP contribution in [0, 0.1) is 5.82 Å². The highest BCUT2D eigenvalue weighted by Crippen LogP contribution is 2.27. The zero-order chi connectivity index (χ0) is 11.4. The second-order valence-electron chi connectivity index (χ2n) is 4.33. The average Bonchev–Trinajstić information content (AvgIpc) is 2.57. The average molecular weight is 225 g/mol. The topological polar surface area (TPSA) is 12.0 Å². The molecule has 0 amide bonds. The smallest absolute Gasteiger partial charge is 0.143 e. The van der Waals surface area contributed by atoms with Gasteiger partial charge in [-0.2, -0.15) is 0 Å². The van der Waals surface area contributed by atoms with Gasteiger partial charge >= 0.3 is 0 Å². The Hall–Kier alpha value is -0.960. The third-order valence-electron chi connectivity index (χ3n) is 3.15. The molecule has 0 bridgehead atoms. The lowest BCUT2D eigenvalue weighted by atomic mass is 9.99. The summed E-state index contributed by atoms with van der Waals surface area (Å²) in [6, 6.07) is 5.89. The Morgan fingerprint density at radius 2 is 2.00 bits per heavy atom. The Morgan fingerprint density at radius 1 is 1.19 bits per heavy atom. The number of nitrogens with one attached hydrogen (secondary N) is 1. The highest BCUT2D eigenvalue weighted by molar-refractivity contribution is 5.21. The monoisotopic (exact) mass is 225 g/mol. The van der Waals surface area contributed by atoms with Crippen molar-refractivity contribution in [1.29, 1.82) is 0 Å². The van der Waals surface area contributed by atoms with E-state index in [9.17, 15) is 8.78 Å². The van der Waals surface area contributed by atoms with Crippen molar-refractivity contribution in [3.63, 3.8) is 0 Å². The lowest BCUT2D eigenvalue weighted by Gasteiger charge is -2.21. The standard InChI is InChI=1S/C13H17F2N/c14-11-7-4-3-6-10(11)13(15)12-8-2-1-5-9-16-12/h3-4,6-7,12-13,16H,1-2,5,8-9H2. The van der Waals surface area contributed by atoms with Gasteiger partial charge in [-0.3, -0.25) is 0 Å². The second kappa shape index (κ2) is 5.39. The van der Waals surface area contributed by atoms with Crippen LogP contribution in [-0.2, 0) is 0 Å². The van der Waals surface area contributed by atoms with Crippen LogP contribution in [0.25, 0.3) is 0 Å². The molecule has 1 aromatic rings. The van der Waals surface area contributed by atoms with Crippen LogP contribution < -0.4 is 5.32 Å². The van der Waals surface area contributed by atoms with E-state index >= 15 is 0 Å². The first kappa shape index (κ1) is 11.5. The minimum atomic E-state index is -1.24. The second-order valence-corrected chi connectivity index (χ2v) is 4.33. The molecule has 2 atom stereocenters. The Kier molecular flexibility index (Phi) is 3.88. The number of hydrogen-bond acceptors (Lipinski definition) is 1. The third kappa shape index (κ3) is 2.59. The molecule has 0 radical (unpaired) electrons. The highest BCUT2D eigenvalue weighted by atomic mass is 19.1. The molecule has 0 saturated carbocycles. The molecule has 0 spiro atoms. The van der Waals surface area contributed by atoms with Crippen LogP contribution in [0.5, 0.6) is 0 Å². The largest absolute Gasteiger partial charge is 0.311 e. The van der Waals surface area contributed by atoms with Gasteiger partial charge in [0.2, 0.25) is 0 Å². The van der Waals surface area contributed by atoms with Gasteiger partial charge in [0.15, 0.2) is 0 Å². The summed E-state index contributed by atoms with van der Waals surface area (Å²) in [5.74, 6) is -0.443. The predicted molar refractivity (Wildman–Crippen MR) is 60.5 cm³/mol. The molecule has 2 rings (SSSR count). The molecule has 16 heavy (non-hydrogen) atoms. The van der Waals surface area contributed by atoms with Crippen molar-refractivity contribution in [3.05, 3.63) is 35.6 Å². The molecule has 1 nitrogen and oxygen atoms in total. The van der Waals surface area contributed by atoms with Gasteiger partial charge in [0, 0.05) is 11.6 Å². The normalized spacial score (nSPS) is 23.8. The lowest BCUT2D eigenvalue weighted by molar-refractivity contribution is 0.242. The van der Waals surface area contributed by atoms with E-state index in [4.69, 9.17) is 0 Å². The zero-order valence-corrected chi connectivity index (χ0v) is 9.26. The van der Waals surface area contributed by atoms with Gasteiger partial charge in [-0.05, 0) is 25.5 Å². The maximum atomic E-state index is 14.2. The van der Waals surface area contributed by atoms with Crippen LogP contribution in [0.2, 0.25) is 0 Å². The van der Waals surface area contributed by atoms with Crippen molar-refractivity contribution in [2.45, 2.75) is 37.9 Å². The van der Waals surface area contributed by atoms with Gasteiger partial charge in [-0.1, -0.05) is 31.0 Å². The summed E-state index contributed by atoms with van der Waals surface area (Å²) in [5, 5.41) is 3.17. The van der Waals surface area contributed by atoms with Crippen LogP contribution in [-0.4, -0.2) is 12.6 Å². The molecule has 0 aromatic heterocycles. The maximum Gasteiger partial charge on any atom is 0.143 e. The Labute approximate surface area is 94.9 Å². The summed E-state index contributed by atoms with van der Waals surface area (Å²) >= 11 is 0. The van der Waals surface area contributed by atoms with Gasteiger partial charge in [0.25, 0.3) is 0 Å². The molecule has 1 heterocycles. The van der Waals surface area contributed by atoms with E-state index < -0.39 is 12.0 Å². The fourth-order valence-electron chi connectivity index (χ4n) is 2.22. The van der Waals surface area contributed by atoms with E-state index in [1.165, 1.54) is 12.1 Å². The number of halogens is 2. The summed E-state index contributed by atoms with van der Waals surface area (Å²) in [5.41, 5.74) is 0.182. The van der Waals surface area contributed by atoms with Crippen molar-refractivity contribution in [3.8, 4) is 0 Å². The molecular weight excluding hydrogens is 208 g/mol. The first-order valence-electron chi connectivity index (χ1n) is 5.91. The van der Waals surface area contributed by atoms with Crippen molar-refractivity contribution in [1.82, 2.24) is 5.32 Å². The number of rotatable bonds is 2. The van der Waals surface area contributed by atoms with Crippen LogP contribution in [0.1, 0.15) is 37.4 Å². The Balaban J connectivity index is 2.11. The van der Waals surface area contributed by atoms with Gasteiger partial charge in [-0.15, -0.1) is 0 Å². The van der Waals surface area contributed by atoms with E-state index in [1.54, 1.807) is 12.1 Å². The SMILES string of the molecule is Fc1ccccc1C(F)C1CCCCCN1. The summed E-state index contributed by atoms with van der Waals surface area (Å²) in [7, 11) is 0. The lowest BCUT2D eigenvalue weighted by Crippen LogP contribution is -2.32. The molecule has 2 unspecified atom stereocenters. The predicted octanol–water partition coefficient (Wildman–Crippen LogP) is 3.37. The zero-order valence-electron chi connectivity index (χ0n) is 9.26. The molecule has 1 saturated heterocycles. The van der Waals surface area contributed by atoms with Crippen LogP contribution in [0.4, 0.5) is 8.78 Å². The van der Waals surface area contributed by atoms with E-state index in [0.29, 0.717) is 0 Å². The van der Waals surface area contributed by atoms with E-state index in [2.05, 4.69) is 5.32 Å². The maximum absolute atomic E-state index is 14.2. The van der Waals surface area contributed by atoms with E-state index in [0.717, 1.165) is 32.2 Å². The third-order valence-corrected chi connectivity index (χ3v) is 3.15. The number of alkyl halides is 1. The number of hydrogen-bond donors (Lipinski definition) is 1. The molecule has 1 fully saturated rings. The van der Waals surface area contributed by atoms with Gasteiger partial charge in [0.05, 0.1) is 0 Å². The molecule has 88 valence electrons. The van der Waals surface area contributed by atoms with Crippen molar-refractivity contribution >= 4 is 0 Å². The summed E-state index contributed by atoms with van der Waals surface area (Å²) in [4.78, 5) is 0. The first-order chi connectivity index (χ1) is 7.79. The van der Waals surface area contributed by atoms with Gasteiger partial charge < -0.3 is 5.32 Å². The minimum Gasteiger partial charge on any atom is -0.311 e. The van der Waals surface area contributed by atoms with Crippen LogP contribution in [0.3, 0.4) is 0 Å². The summed E-state index contributed by atoms with van der Waals surface area (Å²) in [6.45, 7) is 0.833. The molecule has 3 heteroatoms. The fourth-order valence-corrected chi connectivity index (χ4v) is 2.22. The summed E-state index contributed by atoms with van der Waals surface area (Å²) in [6.07, 6.45) is 2.79. The van der Waals surface area contributed by atoms with E-state index in [-0.39, 0.29) is 11.6 Å². The summed E-state index contributed by atoms with van der Waals surface area (Å²) < 4.78 is 27.6. The highest BCUT2D eigenvalue weighted by Gasteiger charge is 2.25. The first-order valence-corrected chi connectivity index (χ1v) is 5.91. The van der Waals surface area contributed by atoms with Crippen molar-refractivity contribution < 1.29 is 8.78 Å². The van der Waals surface area contributed by atoms with Crippen molar-refractivity contribution in [2.75, 3.05) is 6.54 Å². The Morgan fingerprint density at radius 3 is 2.81 bits per heavy atom. The quantitative estimate of drug-likeness (QED) is 0.813. The minimum absolute atomic E-state index is 0.182. The van der Waals surface area contributed by atoms with Crippen molar-refractivity contribution in [2.24, 2.45) is 0 Å². The Bertz CT molecular complexity index is 332. The van der Waals surface area contributed by atoms with Gasteiger partial charge in [-0.25, -0.2) is 8.78 Å². The molecule has 1 aliphatic rings. The molecule has 1 aromatic carbocycles.